The maximum absolute atomic E-state index is 10.4. The predicted molar refractivity (Wildman–Crippen MR) is 114 cm³/mol. The van der Waals surface area contributed by atoms with Gasteiger partial charge in [0.05, 0.1) is 13.2 Å². The number of aliphatic hydroxyl groups is 4. The molecule has 1 heterocycles. The summed E-state index contributed by atoms with van der Waals surface area (Å²) in [5.74, 6) is 0.768. The Hall–Kier alpha value is -2.49. The summed E-state index contributed by atoms with van der Waals surface area (Å²) in [6.07, 6.45) is -2.87. The Kier molecular flexibility index (Phi) is 8.39. The Balaban J connectivity index is 1.63. The van der Waals surface area contributed by atoms with Crippen LogP contribution in [0.25, 0.3) is 0 Å². The van der Waals surface area contributed by atoms with Gasteiger partial charge in [-0.2, -0.15) is 0 Å². The van der Waals surface area contributed by atoms with Crippen molar-refractivity contribution in [2.45, 2.75) is 43.4 Å². The van der Waals surface area contributed by atoms with Crippen LogP contribution in [0, 0.1) is 0 Å². The molecule has 0 saturated carbocycles. The van der Waals surface area contributed by atoms with E-state index in [1.807, 2.05) is 42.5 Å². The summed E-state index contributed by atoms with van der Waals surface area (Å²) in [6.45, 7) is 0.0576. The van der Waals surface area contributed by atoms with E-state index in [2.05, 4.69) is 9.99 Å². The van der Waals surface area contributed by atoms with E-state index in [4.69, 9.17) is 9.47 Å². The van der Waals surface area contributed by atoms with Crippen molar-refractivity contribution in [3.63, 3.8) is 0 Å². The van der Waals surface area contributed by atoms with Crippen molar-refractivity contribution in [1.29, 1.82) is 0 Å². The molecule has 0 unspecified atom stereocenters. The Morgan fingerprint density at radius 3 is 2.48 bits per heavy atom. The molecule has 3 rings (SSSR count). The minimum absolute atomic E-state index is 0.450. The second-order valence-electron chi connectivity index (χ2n) is 7.42. The zero-order chi connectivity index (χ0) is 22.2. The van der Waals surface area contributed by atoms with Crippen molar-refractivity contribution in [2.75, 3.05) is 20.3 Å². The molecule has 1 aliphatic rings. The van der Waals surface area contributed by atoms with Gasteiger partial charge in [-0.1, -0.05) is 41.6 Å². The minimum Gasteiger partial charge on any atom is -0.493 e. The first kappa shape index (κ1) is 23.2. The van der Waals surface area contributed by atoms with Crippen molar-refractivity contribution < 1.29 is 34.7 Å². The van der Waals surface area contributed by atoms with Crippen LogP contribution in [0.15, 0.2) is 53.7 Å². The van der Waals surface area contributed by atoms with E-state index in [0.29, 0.717) is 25.0 Å². The van der Waals surface area contributed by atoms with Gasteiger partial charge in [0.15, 0.2) is 0 Å². The largest absolute Gasteiger partial charge is 0.493 e. The van der Waals surface area contributed by atoms with Gasteiger partial charge in [-0.3, -0.25) is 0 Å². The first-order valence-electron chi connectivity index (χ1n) is 10.2. The topological polar surface area (TPSA) is 121 Å². The van der Waals surface area contributed by atoms with Gasteiger partial charge in [0.2, 0.25) is 0 Å². The molecule has 168 valence electrons. The molecular formula is C23H29NO7. The van der Waals surface area contributed by atoms with Crippen molar-refractivity contribution >= 4 is 6.21 Å². The van der Waals surface area contributed by atoms with Gasteiger partial charge in [-0.05, 0) is 35.2 Å². The van der Waals surface area contributed by atoms with E-state index in [0.717, 1.165) is 16.9 Å². The number of benzene rings is 2. The number of oxime groups is 1. The van der Waals surface area contributed by atoms with E-state index in [9.17, 15) is 20.4 Å². The van der Waals surface area contributed by atoms with Gasteiger partial charge in [0.25, 0.3) is 0 Å². The van der Waals surface area contributed by atoms with Crippen molar-refractivity contribution in [3.8, 4) is 5.75 Å². The Labute approximate surface area is 181 Å². The molecule has 8 heteroatoms. The normalized spacial score (nSPS) is 26.2. The lowest BCUT2D eigenvalue weighted by atomic mass is 9.90. The van der Waals surface area contributed by atoms with E-state index in [1.54, 1.807) is 12.3 Å². The lowest BCUT2D eigenvalue weighted by molar-refractivity contribution is -0.231. The van der Waals surface area contributed by atoms with Crippen molar-refractivity contribution in [2.24, 2.45) is 5.16 Å². The Morgan fingerprint density at radius 2 is 1.77 bits per heavy atom. The third kappa shape index (κ3) is 6.03. The SMILES string of the molecule is CO/N=C/CCOc1ccc(Cc2cccc([C@@H]3O[C@H](CO)[C@@H](O)[C@H](O)[C@H]3O)c2)cc1. The molecular weight excluding hydrogens is 402 g/mol. The first-order chi connectivity index (χ1) is 15.0. The quantitative estimate of drug-likeness (QED) is 0.267. The number of hydrogen-bond acceptors (Lipinski definition) is 8. The third-order valence-corrected chi connectivity index (χ3v) is 5.20. The molecule has 1 aliphatic heterocycles. The van der Waals surface area contributed by atoms with Gasteiger partial charge in [-0.15, -0.1) is 0 Å². The summed E-state index contributed by atoms with van der Waals surface area (Å²) in [6, 6.07) is 15.3. The standard InChI is InChI=1S/C23H29NO7/c1-29-24-10-3-11-30-18-8-6-15(7-9-18)12-16-4-2-5-17(13-16)23-22(28)21(27)20(26)19(14-25)31-23/h2,4-10,13,19-23,25-28H,3,11-12,14H2,1H3/b24-10+/t19-,20-,21+,22-,23+/m1/s1. The molecule has 1 fully saturated rings. The lowest BCUT2D eigenvalue weighted by Gasteiger charge is -2.40. The van der Waals surface area contributed by atoms with Crippen LogP contribution < -0.4 is 4.74 Å². The van der Waals surface area contributed by atoms with Crippen LogP contribution in [-0.2, 0) is 16.0 Å². The van der Waals surface area contributed by atoms with Gasteiger partial charge in [0.1, 0.15) is 43.4 Å². The first-order valence-corrected chi connectivity index (χ1v) is 10.2. The van der Waals surface area contributed by atoms with E-state index in [1.165, 1.54) is 7.11 Å². The van der Waals surface area contributed by atoms with Crippen LogP contribution in [0.4, 0.5) is 0 Å². The highest BCUT2D eigenvalue weighted by molar-refractivity contribution is 5.56. The summed E-state index contributed by atoms with van der Waals surface area (Å²) in [5, 5.41) is 43.4. The molecule has 4 N–H and O–H groups in total. The van der Waals surface area contributed by atoms with Crippen LogP contribution >= 0.6 is 0 Å². The molecule has 0 radical (unpaired) electrons. The number of hydrogen-bond donors (Lipinski definition) is 4. The fourth-order valence-electron chi connectivity index (χ4n) is 3.55. The smallest absolute Gasteiger partial charge is 0.119 e. The monoisotopic (exact) mass is 431 g/mol. The maximum Gasteiger partial charge on any atom is 0.119 e. The molecule has 5 atom stereocenters. The van der Waals surface area contributed by atoms with Gasteiger partial charge >= 0.3 is 0 Å². The molecule has 0 aliphatic carbocycles. The molecule has 2 aromatic rings. The summed E-state index contributed by atoms with van der Waals surface area (Å²) >= 11 is 0. The Morgan fingerprint density at radius 1 is 1.00 bits per heavy atom. The highest BCUT2D eigenvalue weighted by atomic mass is 16.6. The van der Waals surface area contributed by atoms with Gasteiger partial charge < -0.3 is 34.7 Å². The number of aliphatic hydroxyl groups excluding tert-OH is 4. The highest BCUT2D eigenvalue weighted by Crippen LogP contribution is 2.33. The molecule has 8 nitrogen and oxygen atoms in total. The van der Waals surface area contributed by atoms with Gasteiger partial charge in [0, 0.05) is 12.6 Å². The lowest BCUT2D eigenvalue weighted by Crippen LogP contribution is -2.55. The van der Waals surface area contributed by atoms with E-state index < -0.39 is 37.1 Å². The predicted octanol–water partition coefficient (Wildman–Crippen LogP) is 1.19. The molecule has 0 amide bonds. The fraction of sp³-hybridized carbons (Fsp3) is 0.435. The average Bonchev–Trinajstić information content (AvgIpc) is 2.79. The fourth-order valence-corrected chi connectivity index (χ4v) is 3.55. The number of ether oxygens (including phenoxy) is 2. The number of rotatable bonds is 9. The van der Waals surface area contributed by atoms with Crippen LogP contribution in [0.2, 0.25) is 0 Å². The summed E-state index contributed by atoms with van der Waals surface area (Å²) in [7, 11) is 1.50. The molecule has 0 spiro atoms. The van der Waals surface area contributed by atoms with E-state index >= 15 is 0 Å². The van der Waals surface area contributed by atoms with Crippen molar-refractivity contribution in [1.82, 2.24) is 0 Å². The number of nitrogens with zero attached hydrogens (tertiary/aromatic N) is 1. The molecule has 0 aromatic heterocycles. The molecule has 2 aromatic carbocycles. The average molecular weight is 431 g/mol. The van der Waals surface area contributed by atoms with E-state index in [-0.39, 0.29) is 0 Å². The summed E-state index contributed by atoms with van der Waals surface area (Å²) < 4.78 is 11.3. The maximum atomic E-state index is 10.4. The van der Waals surface area contributed by atoms with Crippen LogP contribution in [0.1, 0.15) is 29.2 Å². The Bertz CT molecular complexity index is 840. The summed E-state index contributed by atoms with van der Waals surface area (Å²) in [4.78, 5) is 4.60. The second-order valence-corrected chi connectivity index (χ2v) is 7.42. The summed E-state index contributed by atoms with van der Waals surface area (Å²) in [5.41, 5.74) is 2.75. The zero-order valence-corrected chi connectivity index (χ0v) is 17.4. The van der Waals surface area contributed by atoms with Crippen LogP contribution in [-0.4, -0.2) is 71.4 Å². The molecule has 31 heavy (non-hydrogen) atoms. The third-order valence-electron chi connectivity index (χ3n) is 5.20. The zero-order valence-electron chi connectivity index (χ0n) is 17.4. The van der Waals surface area contributed by atoms with Crippen molar-refractivity contribution in [3.05, 3.63) is 65.2 Å². The highest BCUT2D eigenvalue weighted by Gasteiger charge is 2.43. The second kappa shape index (κ2) is 11.2. The van der Waals surface area contributed by atoms with Gasteiger partial charge in [-0.25, -0.2) is 0 Å². The molecule has 1 saturated heterocycles. The van der Waals surface area contributed by atoms with Crippen LogP contribution in [0.5, 0.6) is 5.75 Å². The molecule has 0 bridgehead atoms. The van der Waals surface area contributed by atoms with Crippen LogP contribution in [0.3, 0.4) is 0 Å². The minimum atomic E-state index is -1.40.